The minimum Gasteiger partial charge on any atom is -0.477 e. The van der Waals surface area contributed by atoms with E-state index in [4.69, 9.17) is 28.4 Å². The number of carbonyl (C=O) groups is 3. The van der Waals surface area contributed by atoms with Crippen molar-refractivity contribution in [3.05, 3.63) is 24.3 Å². The molecule has 0 saturated carbocycles. The van der Waals surface area contributed by atoms with Crippen LogP contribution in [0.15, 0.2) is 24.3 Å². The Bertz CT molecular complexity index is 1850. The number of amides is 2. The predicted octanol–water partition coefficient (Wildman–Crippen LogP) is 4.50. The topological polar surface area (TPSA) is 373 Å². The molecule has 23 heteroatoms. The Morgan fingerprint density at radius 1 is 0.605 bits per heavy atom. The Morgan fingerprint density at radius 3 is 1.63 bits per heavy atom. The zero-order chi connectivity index (χ0) is 63.3. The number of unbranched alkanes of at least 4 members (excludes halogenated alkanes) is 25. The smallest absolute Gasteiger partial charge is 0.364 e. The van der Waals surface area contributed by atoms with E-state index in [9.17, 15) is 75.7 Å². The van der Waals surface area contributed by atoms with Gasteiger partial charge in [-0.25, -0.2) is 4.79 Å². The number of carboxylic acid groups (broad SMARTS) is 1. The number of aliphatic hydroxyl groups is 11. The first-order valence-electron chi connectivity index (χ1n) is 32.7. The fourth-order valence-electron chi connectivity index (χ4n) is 11.4. The van der Waals surface area contributed by atoms with Crippen LogP contribution >= 0.6 is 0 Å². The van der Waals surface area contributed by atoms with Gasteiger partial charge in [0.05, 0.1) is 50.7 Å². The van der Waals surface area contributed by atoms with E-state index >= 15 is 0 Å². The van der Waals surface area contributed by atoms with Crippen LogP contribution in [0.4, 0.5) is 0 Å². The van der Waals surface area contributed by atoms with Gasteiger partial charge in [0.2, 0.25) is 11.8 Å². The van der Waals surface area contributed by atoms with Crippen molar-refractivity contribution in [2.45, 2.75) is 330 Å². The van der Waals surface area contributed by atoms with E-state index in [2.05, 4.69) is 48.8 Å². The zero-order valence-corrected chi connectivity index (χ0v) is 51.9. The third kappa shape index (κ3) is 27.8. The first-order valence-corrected chi connectivity index (χ1v) is 32.7. The molecule has 0 bridgehead atoms. The van der Waals surface area contributed by atoms with Gasteiger partial charge >= 0.3 is 5.97 Å². The van der Waals surface area contributed by atoms with Crippen LogP contribution in [0, 0.1) is 0 Å². The molecule has 14 N–H and O–H groups in total. The van der Waals surface area contributed by atoms with Gasteiger partial charge in [0.1, 0.15) is 67.1 Å². The lowest BCUT2D eigenvalue weighted by atomic mass is 9.88. The summed E-state index contributed by atoms with van der Waals surface area (Å²) in [6.45, 7) is 2.15. The minimum atomic E-state index is -3.08. The van der Waals surface area contributed by atoms with Crippen molar-refractivity contribution in [1.29, 1.82) is 0 Å². The van der Waals surface area contributed by atoms with Gasteiger partial charge in [-0.15, -0.1) is 0 Å². The van der Waals surface area contributed by atoms with Gasteiger partial charge in [-0.05, 0) is 38.5 Å². The van der Waals surface area contributed by atoms with Gasteiger partial charge in [-0.3, -0.25) is 9.59 Å². The summed E-state index contributed by atoms with van der Waals surface area (Å²) in [5, 5.41) is 136. The van der Waals surface area contributed by atoms with Crippen molar-refractivity contribution < 1.29 is 104 Å². The molecule has 502 valence electrons. The lowest BCUT2D eigenvalue weighted by Crippen LogP contribution is -2.70. The molecule has 3 rings (SSSR count). The Labute approximate surface area is 511 Å². The highest BCUT2D eigenvalue weighted by Crippen LogP contribution is 2.38. The Morgan fingerprint density at radius 2 is 1.10 bits per heavy atom. The van der Waals surface area contributed by atoms with Gasteiger partial charge in [-0.2, -0.15) is 0 Å². The number of ether oxygens (including phenoxy) is 6. The first-order chi connectivity index (χ1) is 41.4. The van der Waals surface area contributed by atoms with E-state index in [-0.39, 0.29) is 18.9 Å². The molecule has 3 saturated heterocycles. The van der Waals surface area contributed by atoms with Crippen molar-refractivity contribution in [2.75, 3.05) is 26.4 Å². The van der Waals surface area contributed by atoms with Gasteiger partial charge in [0.25, 0.3) is 5.79 Å². The highest BCUT2D eigenvalue weighted by atomic mass is 16.8. The molecule has 3 heterocycles. The van der Waals surface area contributed by atoms with Crippen molar-refractivity contribution >= 4 is 17.8 Å². The fraction of sp³-hybridized carbons (Fsp3) is 0.889. The number of hydrogen-bond donors (Lipinski definition) is 14. The Kier molecular flexibility index (Phi) is 40.2. The van der Waals surface area contributed by atoms with Crippen molar-refractivity contribution in [3.8, 4) is 0 Å². The molecule has 0 aromatic rings. The summed E-state index contributed by atoms with van der Waals surface area (Å²) in [6.07, 6.45) is 11.8. The van der Waals surface area contributed by atoms with Gasteiger partial charge in [0, 0.05) is 19.8 Å². The number of carbonyl (C=O) groups excluding carboxylic acids is 2. The lowest BCUT2D eigenvalue weighted by molar-refractivity contribution is -0.386. The van der Waals surface area contributed by atoms with Crippen LogP contribution in [-0.2, 0) is 42.8 Å². The maximum Gasteiger partial charge on any atom is 0.364 e. The summed E-state index contributed by atoms with van der Waals surface area (Å²) in [6, 6.07) is -2.54. The number of aliphatic hydroxyl groups excluding tert-OH is 11. The summed E-state index contributed by atoms with van der Waals surface area (Å²) < 4.78 is 34.8. The van der Waals surface area contributed by atoms with Gasteiger partial charge < -0.3 is 100 Å². The molecule has 23 nitrogen and oxygen atoms in total. The highest BCUT2D eigenvalue weighted by Gasteiger charge is 2.60. The summed E-state index contributed by atoms with van der Waals surface area (Å²) in [5.74, 6) is -6.12. The van der Waals surface area contributed by atoms with E-state index in [1.807, 2.05) is 0 Å². The molecular formula is C63H114N2O21. The normalized spacial score (nSPS) is 29.5. The van der Waals surface area contributed by atoms with Crippen LogP contribution in [0.2, 0.25) is 0 Å². The van der Waals surface area contributed by atoms with Crippen LogP contribution in [0.25, 0.3) is 0 Å². The lowest BCUT2D eigenvalue weighted by Gasteiger charge is -2.50. The van der Waals surface area contributed by atoms with Gasteiger partial charge in [-0.1, -0.05) is 186 Å². The fourth-order valence-corrected chi connectivity index (χ4v) is 11.4. The Hall–Kier alpha value is -2.79. The average Bonchev–Trinajstić information content (AvgIpc) is 1.23. The second-order valence-electron chi connectivity index (χ2n) is 24.0. The van der Waals surface area contributed by atoms with E-state index in [0.717, 1.165) is 77.6 Å². The number of carboxylic acids is 1. The van der Waals surface area contributed by atoms with Crippen molar-refractivity contribution in [1.82, 2.24) is 10.6 Å². The predicted molar refractivity (Wildman–Crippen MR) is 320 cm³/mol. The maximum absolute atomic E-state index is 13.4. The second-order valence-corrected chi connectivity index (χ2v) is 24.0. The number of hydrogen-bond acceptors (Lipinski definition) is 20. The summed E-state index contributed by atoms with van der Waals surface area (Å²) in [7, 11) is 0. The maximum atomic E-state index is 13.4. The van der Waals surface area contributed by atoms with Crippen LogP contribution in [0.1, 0.15) is 220 Å². The second kappa shape index (κ2) is 44.6. The SMILES string of the molecule is CCCCC/C=C\C=C/CCCCCCCCC(=O)NC(COC1OC(CO)C(OC2OC(CO)C(O)C(OC3(C(=O)O)CC(O)C(NC(C)=O)C(C(O)C(O)CO)O3)C2O)C(O)C1O)C(O)CCCCCCCCCCCCCCCCCCC. The molecule has 3 fully saturated rings. The molecule has 86 heavy (non-hydrogen) atoms. The minimum absolute atomic E-state index is 0.210. The van der Waals surface area contributed by atoms with Crippen LogP contribution < -0.4 is 10.6 Å². The highest BCUT2D eigenvalue weighted by molar-refractivity contribution is 5.77. The summed E-state index contributed by atoms with van der Waals surface area (Å²) in [5.41, 5.74) is 0. The Balaban J connectivity index is 1.63. The zero-order valence-electron chi connectivity index (χ0n) is 51.9. The standard InChI is InChI=1S/C63H114N2O21/c1-4-6-8-10-12-14-16-18-20-21-23-24-26-28-30-32-34-36-45(70)44(65-50(73)37-35-33-31-29-27-25-22-19-17-15-13-11-9-7-5-2)42-81-60-55(77)54(76)57(49(41-68)83-60)84-61-56(78)59(53(75)48(40-67)82-61)86-63(62(79)80)38-46(71)51(64-43(3)69)58(85-63)52(74)47(72)39-66/h13,15,17,19,44-49,51-61,66-68,70-72,74-78H,4-12,14,16,18,20-42H2,1-3H3,(H,64,69)(H,65,73)(H,79,80)/b15-13-,19-17-. The molecule has 0 radical (unpaired) electrons. The van der Waals surface area contributed by atoms with Crippen LogP contribution in [0.3, 0.4) is 0 Å². The summed E-state index contributed by atoms with van der Waals surface area (Å²) in [4.78, 5) is 38.5. The van der Waals surface area contributed by atoms with E-state index < -0.39 is 148 Å². The van der Waals surface area contributed by atoms with Crippen molar-refractivity contribution in [3.63, 3.8) is 0 Å². The third-order valence-electron chi connectivity index (χ3n) is 16.7. The molecule has 0 spiro atoms. The van der Waals surface area contributed by atoms with Gasteiger partial charge in [0.15, 0.2) is 12.6 Å². The molecule has 0 aromatic heterocycles. The molecule has 18 atom stereocenters. The third-order valence-corrected chi connectivity index (χ3v) is 16.7. The van der Waals surface area contributed by atoms with Crippen LogP contribution in [-0.4, -0.2) is 215 Å². The molecule has 0 aromatic carbocycles. The molecule has 3 aliphatic heterocycles. The average molecular weight is 1240 g/mol. The molecular weight excluding hydrogens is 1120 g/mol. The van der Waals surface area contributed by atoms with E-state index in [0.29, 0.717) is 19.3 Å². The molecule has 2 amide bonds. The number of nitrogens with one attached hydrogen (secondary N) is 2. The molecule has 3 aliphatic rings. The number of rotatable bonds is 48. The number of aliphatic carboxylic acids is 1. The van der Waals surface area contributed by atoms with Crippen molar-refractivity contribution in [2.24, 2.45) is 0 Å². The van der Waals surface area contributed by atoms with E-state index in [1.165, 1.54) is 96.3 Å². The summed E-state index contributed by atoms with van der Waals surface area (Å²) >= 11 is 0. The van der Waals surface area contributed by atoms with E-state index in [1.54, 1.807) is 0 Å². The van der Waals surface area contributed by atoms with Crippen LogP contribution in [0.5, 0.6) is 0 Å². The monoisotopic (exact) mass is 1230 g/mol. The first kappa shape index (κ1) is 77.5. The molecule has 0 aliphatic carbocycles. The molecule has 18 unspecified atom stereocenters. The number of allylic oxidation sites excluding steroid dienone is 4. The quantitative estimate of drug-likeness (QED) is 0.0294. The largest absolute Gasteiger partial charge is 0.477 e.